The standard InChI is InChI=1S/C59H45N/c1-3-40(42-19-15-20-43(35-42)41-16-5-4-6-17-41)34-46-18-7-8-21-48(46)55-36-44(29-28-39(55)2)45-30-33-59-57(37-45)54-26-13-14-27-58(54)60(59)47-31-32-53-51-24-10-9-22-49(51)50-23-11-12-25-52(50)56(53)38-47/h4-33,35-38,40H,3,34H2,1-2H3. The van der Waals surface area contributed by atoms with Gasteiger partial charge in [0.15, 0.2) is 0 Å². The number of benzene rings is 10. The van der Waals surface area contributed by atoms with Crippen LogP contribution >= 0.6 is 0 Å². The Kier molecular flexibility index (Phi) is 8.89. The molecular weight excluding hydrogens is 723 g/mol. The van der Waals surface area contributed by atoms with E-state index in [1.54, 1.807) is 0 Å². The van der Waals surface area contributed by atoms with Crippen LogP contribution in [0, 0.1) is 6.92 Å². The van der Waals surface area contributed by atoms with Gasteiger partial charge in [-0.15, -0.1) is 0 Å². The summed E-state index contributed by atoms with van der Waals surface area (Å²) in [4.78, 5) is 0. The molecule has 1 nitrogen and oxygen atoms in total. The van der Waals surface area contributed by atoms with Gasteiger partial charge in [-0.1, -0.05) is 177 Å². The van der Waals surface area contributed by atoms with Gasteiger partial charge in [-0.05, 0) is 144 Å². The van der Waals surface area contributed by atoms with Gasteiger partial charge < -0.3 is 4.57 Å². The predicted molar refractivity (Wildman–Crippen MR) is 258 cm³/mol. The lowest BCUT2D eigenvalue weighted by Gasteiger charge is -2.20. The van der Waals surface area contributed by atoms with Crippen LogP contribution in [0.15, 0.2) is 206 Å². The summed E-state index contributed by atoms with van der Waals surface area (Å²) in [7, 11) is 0. The molecule has 0 spiro atoms. The summed E-state index contributed by atoms with van der Waals surface area (Å²) in [5, 5.41) is 10.3. The zero-order valence-corrected chi connectivity index (χ0v) is 34.1. The highest BCUT2D eigenvalue weighted by atomic mass is 15.0. The minimum atomic E-state index is 0.415. The van der Waals surface area contributed by atoms with E-state index in [-0.39, 0.29) is 0 Å². The maximum atomic E-state index is 2.45. The lowest BCUT2D eigenvalue weighted by molar-refractivity contribution is 0.661. The summed E-state index contributed by atoms with van der Waals surface area (Å²) in [6.45, 7) is 4.58. The van der Waals surface area contributed by atoms with Crippen molar-refractivity contribution in [2.24, 2.45) is 0 Å². The number of fused-ring (bicyclic) bond motifs is 9. The average Bonchev–Trinajstić information content (AvgIpc) is 3.65. The van der Waals surface area contributed by atoms with Gasteiger partial charge in [0.25, 0.3) is 0 Å². The summed E-state index contributed by atoms with van der Waals surface area (Å²) in [6.07, 6.45) is 2.06. The molecule has 0 bridgehead atoms. The van der Waals surface area contributed by atoms with E-state index in [1.165, 1.54) is 110 Å². The second kappa shape index (κ2) is 14.9. The third kappa shape index (κ3) is 6.09. The molecule has 0 aliphatic rings. The number of nitrogens with zero attached hydrogens (tertiary/aromatic N) is 1. The molecule has 1 heterocycles. The number of hydrogen-bond acceptors (Lipinski definition) is 0. The van der Waals surface area contributed by atoms with Crippen LogP contribution in [0.25, 0.3) is 93.2 Å². The second-order valence-corrected chi connectivity index (χ2v) is 16.4. The normalized spacial score (nSPS) is 12.2. The van der Waals surface area contributed by atoms with Crippen LogP contribution in [0.4, 0.5) is 0 Å². The van der Waals surface area contributed by atoms with E-state index in [2.05, 4.69) is 225 Å². The molecule has 1 aromatic heterocycles. The monoisotopic (exact) mass is 767 g/mol. The summed E-state index contributed by atoms with van der Waals surface area (Å²) >= 11 is 0. The van der Waals surface area contributed by atoms with Gasteiger partial charge in [0.2, 0.25) is 0 Å². The first-order valence-corrected chi connectivity index (χ1v) is 21.3. The molecule has 0 fully saturated rings. The van der Waals surface area contributed by atoms with Crippen molar-refractivity contribution in [3.05, 3.63) is 223 Å². The van der Waals surface area contributed by atoms with Crippen molar-refractivity contribution in [2.75, 3.05) is 0 Å². The molecule has 1 atom stereocenters. The Morgan fingerprint density at radius 3 is 1.73 bits per heavy atom. The lowest BCUT2D eigenvalue weighted by Crippen LogP contribution is -2.04. The van der Waals surface area contributed by atoms with E-state index in [0.29, 0.717) is 5.92 Å². The first-order valence-electron chi connectivity index (χ1n) is 21.3. The van der Waals surface area contributed by atoms with Crippen molar-refractivity contribution in [1.82, 2.24) is 4.57 Å². The number of hydrogen-bond donors (Lipinski definition) is 0. The topological polar surface area (TPSA) is 4.93 Å². The quantitative estimate of drug-likeness (QED) is 0.136. The van der Waals surface area contributed by atoms with Crippen molar-refractivity contribution < 1.29 is 0 Å². The van der Waals surface area contributed by atoms with E-state index in [4.69, 9.17) is 0 Å². The largest absolute Gasteiger partial charge is 0.309 e. The van der Waals surface area contributed by atoms with Crippen LogP contribution in [-0.2, 0) is 6.42 Å². The highest BCUT2D eigenvalue weighted by Gasteiger charge is 2.18. The third-order valence-corrected chi connectivity index (χ3v) is 13.0. The zero-order valence-electron chi connectivity index (χ0n) is 34.1. The smallest absolute Gasteiger partial charge is 0.0541 e. The highest BCUT2D eigenvalue weighted by molar-refractivity contribution is 6.25. The van der Waals surface area contributed by atoms with Crippen molar-refractivity contribution in [1.29, 1.82) is 0 Å². The molecule has 0 saturated carbocycles. The van der Waals surface area contributed by atoms with Crippen LogP contribution in [0.3, 0.4) is 0 Å². The van der Waals surface area contributed by atoms with Gasteiger partial charge in [-0.25, -0.2) is 0 Å². The number of aromatic nitrogens is 1. The third-order valence-electron chi connectivity index (χ3n) is 13.0. The highest BCUT2D eigenvalue weighted by Crippen LogP contribution is 2.41. The molecule has 11 aromatic rings. The maximum absolute atomic E-state index is 2.45. The summed E-state index contributed by atoms with van der Waals surface area (Å²) in [5.41, 5.74) is 15.3. The molecule has 10 aromatic carbocycles. The number of para-hydroxylation sites is 1. The van der Waals surface area contributed by atoms with Gasteiger partial charge in [-0.2, -0.15) is 0 Å². The first kappa shape index (κ1) is 35.9. The van der Waals surface area contributed by atoms with Gasteiger partial charge in [-0.3, -0.25) is 0 Å². The number of rotatable bonds is 8. The molecule has 0 radical (unpaired) electrons. The van der Waals surface area contributed by atoms with Gasteiger partial charge in [0, 0.05) is 16.5 Å². The fourth-order valence-electron chi connectivity index (χ4n) is 9.88. The van der Waals surface area contributed by atoms with E-state index in [0.717, 1.165) is 12.8 Å². The van der Waals surface area contributed by atoms with Gasteiger partial charge in [0.1, 0.15) is 0 Å². The minimum Gasteiger partial charge on any atom is -0.309 e. The van der Waals surface area contributed by atoms with Crippen LogP contribution < -0.4 is 0 Å². The Morgan fingerprint density at radius 1 is 0.383 bits per heavy atom. The Labute approximate surface area is 351 Å². The molecule has 1 heteroatoms. The molecule has 0 saturated heterocycles. The Bertz CT molecular complexity index is 3370. The zero-order chi connectivity index (χ0) is 40.2. The molecule has 0 N–H and O–H groups in total. The Morgan fingerprint density at radius 2 is 0.967 bits per heavy atom. The van der Waals surface area contributed by atoms with Gasteiger partial charge in [0.05, 0.1) is 11.0 Å². The molecule has 11 rings (SSSR count). The molecule has 0 amide bonds. The second-order valence-electron chi connectivity index (χ2n) is 16.4. The Hall–Kier alpha value is -7.22. The molecule has 0 aliphatic carbocycles. The fraction of sp³-hybridized carbons (Fsp3) is 0.0847. The molecule has 0 aliphatic heterocycles. The molecule has 1 unspecified atom stereocenters. The van der Waals surface area contributed by atoms with E-state index in [9.17, 15) is 0 Å². The number of aryl methyl sites for hydroxylation is 1. The first-order chi connectivity index (χ1) is 29.6. The summed E-state index contributed by atoms with van der Waals surface area (Å²) < 4.78 is 2.45. The maximum Gasteiger partial charge on any atom is 0.0541 e. The molecule has 60 heavy (non-hydrogen) atoms. The fourth-order valence-corrected chi connectivity index (χ4v) is 9.88. The van der Waals surface area contributed by atoms with Crippen LogP contribution in [0.5, 0.6) is 0 Å². The van der Waals surface area contributed by atoms with Crippen molar-refractivity contribution in [2.45, 2.75) is 32.6 Å². The SMILES string of the molecule is CCC(Cc1ccccc1-c1cc(-c2ccc3c(c2)c2ccccc2n3-c2ccc3c4ccccc4c4ccccc4c3c2)ccc1C)c1cccc(-c2ccccc2)c1. The summed E-state index contributed by atoms with van der Waals surface area (Å²) in [6, 6.07) is 76.6. The molecule has 286 valence electrons. The van der Waals surface area contributed by atoms with Crippen molar-refractivity contribution in [3.8, 4) is 39.1 Å². The van der Waals surface area contributed by atoms with Crippen molar-refractivity contribution >= 4 is 54.1 Å². The van der Waals surface area contributed by atoms with Crippen LogP contribution in [0.1, 0.15) is 36.0 Å². The van der Waals surface area contributed by atoms with Crippen LogP contribution in [-0.4, -0.2) is 4.57 Å². The van der Waals surface area contributed by atoms with E-state index >= 15 is 0 Å². The minimum absolute atomic E-state index is 0.415. The average molecular weight is 768 g/mol. The lowest BCUT2D eigenvalue weighted by atomic mass is 9.84. The Balaban J connectivity index is 0.989. The molecular formula is C59H45N. The van der Waals surface area contributed by atoms with E-state index < -0.39 is 0 Å². The van der Waals surface area contributed by atoms with Crippen LogP contribution in [0.2, 0.25) is 0 Å². The van der Waals surface area contributed by atoms with Gasteiger partial charge >= 0.3 is 0 Å². The summed E-state index contributed by atoms with van der Waals surface area (Å²) in [5.74, 6) is 0.415. The van der Waals surface area contributed by atoms with Crippen molar-refractivity contribution in [3.63, 3.8) is 0 Å². The van der Waals surface area contributed by atoms with E-state index in [1.807, 2.05) is 0 Å². The predicted octanol–water partition coefficient (Wildman–Crippen LogP) is 16.3.